The zero-order chi connectivity index (χ0) is 24.4. The molecule has 4 aromatic rings. The minimum absolute atomic E-state index is 0.0516. The summed E-state index contributed by atoms with van der Waals surface area (Å²) in [5, 5.41) is 7.12. The first-order chi connectivity index (χ1) is 17.0. The van der Waals surface area contributed by atoms with Crippen LogP contribution in [-0.2, 0) is 13.1 Å². The van der Waals surface area contributed by atoms with E-state index in [1.807, 2.05) is 30.5 Å². The zero-order valence-corrected chi connectivity index (χ0v) is 19.0. The molecule has 1 N–H and O–H groups in total. The molecule has 0 atom stereocenters. The molecule has 0 aliphatic carbocycles. The van der Waals surface area contributed by atoms with E-state index in [0.29, 0.717) is 40.2 Å². The normalized spacial score (nSPS) is 12.5. The van der Waals surface area contributed by atoms with Gasteiger partial charge in [-0.05, 0) is 53.6 Å². The van der Waals surface area contributed by atoms with Crippen LogP contribution < -0.4 is 10.1 Å². The van der Waals surface area contributed by atoms with Gasteiger partial charge in [0.2, 0.25) is 0 Å². The van der Waals surface area contributed by atoms with Crippen LogP contribution in [0.3, 0.4) is 0 Å². The lowest BCUT2D eigenvalue weighted by Gasteiger charge is -2.16. The SMILES string of the molecule is COc1ccc(CN2C(=O)c3ccccc3C2=O)cc1C(=O)Nc1cccc(Cn2cccn2)c1. The fraction of sp³-hybridized carbons (Fsp3) is 0.111. The predicted octanol–water partition coefficient (Wildman–Crippen LogP) is 3.99. The summed E-state index contributed by atoms with van der Waals surface area (Å²) in [6.45, 7) is 0.631. The quantitative estimate of drug-likeness (QED) is 0.416. The van der Waals surface area contributed by atoms with Gasteiger partial charge in [0.05, 0.1) is 36.9 Å². The van der Waals surface area contributed by atoms with Gasteiger partial charge in [0.25, 0.3) is 17.7 Å². The molecule has 0 radical (unpaired) electrons. The molecule has 174 valence electrons. The summed E-state index contributed by atoms with van der Waals surface area (Å²) in [7, 11) is 1.49. The van der Waals surface area contributed by atoms with E-state index in [0.717, 1.165) is 5.56 Å². The molecule has 5 rings (SSSR count). The monoisotopic (exact) mass is 466 g/mol. The third-order valence-corrected chi connectivity index (χ3v) is 5.82. The Kier molecular flexibility index (Phi) is 5.85. The van der Waals surface area contributed by atoms with Crippen LogP contribution in [-0.4, -0.2) is 39.5 Å². The van der Waals surface area contributed by atoms with Crippen molar-refractivity contribution < 1.29 is 19.1 Å². The molecule has 0 unspecified atom stereocenters. The van der Waals surface area contributed by atoms with Gasteiger partial charge in [-0.2, -0.15) is 5.10 Å². The number of ether oxygens (including phenoxy) is 1. The number of anilines is 1. The lowest BCUT2D eigenvalue weighted by atomic mass is 10.1. The van der Waals surface area contributed by atoms with Crippen molar-refractivity contribution in [1.82, 2.24) is 14.7 Å². The average molecular weight is 466 g/mol. The maximum absolute atomic E-state index is 13.2. The molecule has 8 nitrogen and oxygen atoms in total. The molecular weight excluding hydrogens is 444 g/mol. The number of methoxy groups -OCH3 is 1. The standard InChI is InChI=1S/C27H22N4O4/c1-35-24-11-10-19(17-31-26(33)21-8-2-3-9-22(21)27(31)34)15-23(24)25(32)29-20-7-4-6-18(14-20)16-30-13-5-12-28-30/h2-15H,16-17H2,1H3,(H,29,32). The van der Waals surface area contributed by atoms with Crippen LogP contribution in [0.25, 0.3) is 0 Å². The molecule has 0 bridgehead atoms. The summed E-state index contributed by atoms with van der Waals surface area (Å²) in [5.74, 6) is -0.661. The second kappa shape index (κ2) is 9.26. The van der Waals surface area contributed by atoms with Gasteiger partial charge < -0.3 is 10.1 Å². The topological polar surface area (TPSA) is 93.5 Å². The Labute approximate surface area is 201 Å². The summed E-state index contributed by atoms with van der Waals surface area (Å²) in [6.07, 6.45) is 3.59. The fourth-order valence-corrected chi connectivity index (χ4v) is 4.12. The number of hydrogen-bond donors (Lipinski definition) is 1. The van der Waals surface area contributed by atoms with Gasteiger partial charge in [0, 0.05) is 18.1 Å². The van der Waals surface area contributed by atoms with Crippen molar-refractivity contribution in [3.8, 4) is 5.75 Å². The molecule has 2 heterocycles. The van der Waals surface area contributed by atoms with Gasteiger partial charge >= 0.3 is 0 Å². The Hall–Kier alpha value is -4.72. The maximum Gasteiger partial charge on any atom is 0.261 e. The average Bonchev–Trinajstić information content (AvgIpc) is 3.47. The zero-order valence-electron chi connectivity index (χ0n) is 19.0. The summed E-state index contributed by atoms with van der Waals surface area (Å²) >= 11 is 0. The van der Waals surface area contributed by atoms with Crippen molar-refractivity contribution >= 4 is 23.4 Å². The third-order valence-electron chi connectivity index (χ3n) is 5.82. The fourth-order valence-electron chi connectivity index (χ4n) is 4.12. The molecule has 0 spiro atoms. The molecule has 3 aromatic carbocycles. The number of carbonyl (C=O) groups is 3. The van der Waals surface area contributed by atoms with Crippen LogP contribution in [0.2, 0.25) is 0 Å². The van der Waals surface area contributed by atoms with Crippen molar-refractivity contribution in [1.29, 1.82) is 0 Å². The lowest BCUT2D eigenvalue weighted by Crippen LogP contribution is -2.29. The largest absolute Gasteiger partial charge is 0.496 e. The first kappa shape index (κ1) is 22.1. The van der Waals surface area contributed by atoms with Crippen molar-refractivity contribution in [2.75, 3.05) is 12.4 Å². The summed E-state index contributed by atoms with van der Waals surface area (Å²) in [6, 6.07) is 21.2. The summed E-state index contributed by atoms with van der Waals surface area (Å²) in [4.78, 5) is 39.8. The molecule has 1 aliphatic heterocycles. The first-order valence-corrected chi connectivity index (χ1v) is 11.0. The third kappa shape index (κ3) is 4.41. The number of imide groups is 1. The molecule has 8 heteroatoms. The number of benzene rings is 3. The number of amides is 3. The van der Waals surface area contributed by atoms with Crippen molar-refractivity contribution in [2.24, 2.45) is 0 Å². The molecule has 0 saturated heterocycles. The number of nitrogens with zero attached hydrogens (tertiary/aromatic N) is 3. The van der Waals surface area contributed by atoms with Gasteiger partial charge in [-0.25, -0.2) is 0 Å². The van der Waals surface area contributed by atoms with E-state index < -0.39 is 0 Å². The highest BCUT2D eigenvalue weighted by atomic mass is 16.5. The van der Waals surface area contributed by atoms with Crippen LogP contribution in [0.5, 0.6) is 5.75 Å². The van der Waals surface area contributed by atoms with Gasteiger partial charge in [-0.15, -0.1) is 0 Å². The van der Waals surface area contributed by atoms with E-state index >= 15 is 0 Å². The van der Waals surface area contributed by atoms with Crippen LogP contribution in [0.15, 0.2) is 85.2 Å². The van der Waals surface area contributed by atoms with Gasteiger partial charge in [0.15, 0.2) is 0 Å². The van der Waals surface area contributed by atoms with Gasteiger partial charge in [0.1, 0.15) is 5.75 Å². The highest BCUT2D eigenvalue weighted by Crippen LogP contribution is 2.27. The van der Waals surface area contributed by atoms with E-state index in [1.165, 1.54) is 12.0 Å². The Morgan fingerprint density at radius 3 is 2.31 bits per heavy atom. The van der Waals surface area contributed by atoms with Crippen LogP contribution in [0, 0.1) is 0 Å². The number of rotatable bonds is 7. The summed E-state index contributed by atoms with van der Waals surface area (Å²) < 4.78 is 7.19. The molecule has 1 aromatic heterocycles. The number of aromatic nitrogens is 2. The Morgan fingerprint density at radius 1 is 0.886 bits per heavy atom. The number of fused-ring (bicyclic) bond motifs is 1. The van der Waals surface area contributed by atoms with E-state index in [9.17, 15) is 14.4 Å². The summed E-state index contributed by atoms with van der Waals surface area (Å²) in [5.41, 5.74) is 3.33. The minimum Gasteiger partial charge on any atom is -0.496 e. The van der Waals surface area contributed by atoms with Crippen molar-refractivity contribution in [3.63, 3.8) is 0 Å². The first-order valence-electron chi connectivity index (χ1n) is 11.0. The van der Waals surface area contributed by atoms with E-state index in [1.54, 1.807) is 59.4 Å². The number of carbonyl (C=O) groups excluding carboxylic acids is 3. The van der Waals surface area contributed by atoms with E-state index in [4.69, 9.17) is 4.74 Å². The smallest absolute Gasteiger partial charge is 0.261 e. The minimum atomic E-state index is -0.359. The van der Waals surface area contributed by atoms with Crippen molar-refractivity contribution in [2.45, 2.75) is 13.1 Å². The Morgan fingerprint density at radius 2 is 1.63 bits per heavy atom. The molecular formula is C27H22N4O4. The second-order valence-electron chi connectivity index (χ2n) is 8.13. The Bertz CT molecular complexity index is 1390. The molecule has 0 fully saturated rings. The van der Waals surface area contributed by atoms with E-state index in [-0.39, 0.29) is 24.3 Å². The van der Waals surface area contributed by atoms with Gasteiger partial charge in [-0.3, -0.25) is 24.0 Å². The van der Waals surface area contributed by atoms with Crippen LogP contribution in [0.1, 0.15) is 42.2 Å². The maximum atomic E-state index is 13.2. The highest BCUT2D eigenvalue weighted by Gasteiger charge is 2.35. The molecule has 1 aliphatic rings. The second-order valence-corrected chi connectivity index (χ2v) is 8.13. The van der Waals surface area contributed by atoms with E-state index in [2.05, 4.69) is 10.4 Å². The molecule has 35 heavy (non-hydrogen) atoms. The highest BCUT2D eigenvalue weighted by molar-refractivity contribution is 6.21. The van der Waals surface area contributed by atoms with Crippen molar-refractivity contribution in [3.05, 3.63) is 113 Å². The van der Waals surface area contributed by atoms with Crippen LogP contribution >= 0.6 is 0 Å². The van der Waals surface area contributed by atoms with Gasteiger partial charge in [-0.1, -0.05) is 30.3 Å². The predicted molar refractivity (Wildman–Crippen MR) is 129 cm³/mol. The van der Waals surface area contributed by atoms with Crippen LogP contribution in [0.4, 0.5) is 5.69 Å². The molecule has 0 saturated carbocycles. The number of hydrogen-bond acceptors (Lipinski definition) is 5. The lowest BCUT2D eigenvalue weighted by molar-refractivity contribution is 0.0642. The Balaban J connectivity index is 1.35. The molecule has 3 amide bonds. The number of nitrogens with one attached hydrogen (secondary N) is 1.